The van der Waals surface area contributed by atoms with Crippen LogP contribution < -0.4 is 11.1 Å². The summed E-state index contributed by atoms with van der Waals surface area (Å²) in [6.45, 7) is 0. The van der Waals surface area contributed by atoms with Gasteiger partial charge in [-0.05, 0) is 43.0 Å². The van der Waals surface area contributed by atoms with Crippen LogP contribution in [0.4, 0.5) is 9.39 Å². The van der Waals surface area contributed by atoms with E-state index in [0.717, 1.165) is 35.8 Å². The number of anilines is 1. The quantitative estimate of drug-likeness (QED) is 0.906. The summed E-state index contributed by atoms with van der Waals surface area (Å²) in [5.74, 6) is -2.05. The molecule has 7 heteroatoms. The van der Waals surface area contributed by atoms with E-state index >= 15 is 0 Å². The number of carbonyl (C=O) groups excluding carboxylic acids is 2. The first-order chi connectivity index (χ1) is 11.0. The Morgan fingerprint density at radius 2 is 2.13 bits per heavy atom. The van der Waals surface area contributed by atoms with Gasteiger partial charge in [-0.2, -0.15) is 5.26 Å². The number of nitrogens with zero attached hydrogens (tertiary/aromatic N) is 1. The van der Waals surface area contributed by atoms with Gasteiger partial charge < -0.3 is 11.1 Å². The van der Waals surface area contributed by atoms with E-state index in [-0.39, 0.29) is 11.1 Å². The molecule has 0 radical (unpaired) electrons. The maximum Gasteiger partial charge on any atom is 0.259 e. The molecule has 0 unspecified atom stereocenters. The Balaban J connectivity index is 1.92. The Bertz CT molecular complexity index is 867. The topological polar surface area (TPSA) is 96.0 Å². The molecule has 116 valence electrons. The largest absolute Gasteiger partial charge is 0.365 e. The van der Waals surface area contributed by atoms with Crippen LogP contribution in [0.2, 0.25) is 0 Å². The molecule has 5 nitrogen and oxygen atoms in total. The number of nitrogens with two attached hydrogens (primary N) is 1. The zero-order valence-corrected chi connectivity index (χ0v) is 12.8. The summed E-state index contributed by atoms with van der Waals surface area (Å²) in [5.41, 5.74) is 6.58. The van der Waals surface area contributed by atoms with Crippen molar-refractivity contribution >= 4 is 28.2 Å². The molecule has 2 aromatic rings. The van der Waals surface area contributed by atoms with Gasteiger partial charge in [0.05, 0.1) is 22.8 Å². The van der Waals surface area contributed by atoms with E-state index in [1.54, 1.807) is 6.07 Å². The molecule has 0 saturated heterocycles. The van der Waals surface area contributed by atoms with Gasteiger partial charge >= 0.3 is 0 Å². The lowest BCUT2D eigenvalue weighted by Crippen LogP contribution is -2.18. The number of hydrogen-bond acceptors (Lipinski definition) is 4. The van der Waals surface area contributed by atoms with Gasteiger partial charge in [-0.1, -0.05) is 0 Å². The van der Waals surface area contributed by atoms with Gasteiger partial charge in [0.15, 0.2) is 0 Å². The van der Waals surface area contributed by atoms with Crippen molar-refractivity contribution in [1.82, 2.24) is 0 Å². The van der Waals surface area contributed by atoms with Crippen molar-refractivity contribution < 1.29 is 14.0 Å². The summed E-state index contributed by atoms with van der Waals surface area (Å²) in [5, 5.41) is 11.7. The summed E-state index contributed by atoms with van der Waals surface area (Å²) in [4.78, 5) is 25.0. The van der Waals surface area contributed by atoms with Gasteiger partial charge in [0.2, 0.25) is 0 Å². The Morgan fingerprint density at radius 3 is 2.78 bits per heavy atom. The first-order valence-corrected chi connectivity index (χ1v) is 7.78. The Kier molecular flexibility index (Phi) is 3.84. The molecule has 0 spiro atoms. The number of hydrogen-bond donors (Lipinski definition) is 2. The molecule has 1 aliphatic rings. The highest BCUT2D eigenvalue weighted by atomic mass is 32.1. The molecule has 0 atom stereocenters. The summed E-state index contributed by atoms with van der Waals surface area (Å²) < 4.78 is 13.9. The molecule has 0 fully saturated rings. The number of primary amides is 1. The van der Waals surface area contributed by atoms with E-state index in [0.29, 0.717) is 10.6 Å². The van der Waals surface area contributed by atoms with Gasteiger partial charge in [-0.25, -0.2) is 4.39 Å². The van der Waals surface area contributed by atoms with Gasteiger partial charge in [-0.3, -0.25) is 9.59 Å². The minimum absolute atomic E-state index is 0.131. The highest BCUT2D eigenvalue weighted by molar-refractivity contribution is 7.17. The molecule has 1 heterocycles. The van der Waals surface area contributed by atoms with Gasteiger partial charge in [0.25, 0.3) is 11.8 Å². The Hall–Kier alpha value is -2.72. The standard InChI is InChI=1S/C16H12FN3O2S/c17-11-6-8(7-18)4-5-9(11)15(22)20-16-13(14(19)21)10-2-1-3-12(10)23-16/h4-6H,1-3H2,(H2,19,21)(H,20,22). The lowest BCUT2D eigenvalue weighted by Gasteiger charge is -2.07. The van der Waals surface area contributed by atoms with Crippen LogP contribution in [0.5, 0.6) is 0 Å². The second-order valence-electron chi connectivity index (χ2n) is 5.19. The average molecular weight is 329 g/mol. The monoisotopic (exact) mass is 329 g/mol. The van der Waals surface area contributed by atoms with E-state index in [1.807, 2.05) is 0 Å². The maximum absolute atomic E-state index is 13.9. The van der Waals surface area contributed by atoms with Crippen LogP contribution in [0.25, 0.3) is 0 Å². The Labute approximate surface area is 135 Å². The molecule has 1 aromatic heterocycles. The van der Waals surface area contributed by atoms with E-state index in [9.17, 15) is 14.0 Å². The predicted octanol–water partition coefficient (Wildman–Crippen LogP) is 2.60. The molecule has 23 heavy (non-hydrogen) atoms. The van der Waals surface area contributed by atoms with Crippen molar-refractivity contribution in [3.8, 4) is 6.07 Å². The minimum Gasteiger partial charge on any atom is -0.365 e. The van der Waals surface area contributed by atoms with Crippen molar-refractivity contribution in [2.75, 3.05) is 5.32 Å². The summed E-state index contributed by atoms with van der Waals surface area (Å²) in [6.07, 6.45) is 2.56. The van der Waals surface area contributed by atoms with E-state index in [2.05, 4.69) is 5.32 Å². The van der Waals surface area contributed by atoms with Crippen LogP contribution in [-0.2, 0) is 12.8 Å². The zero-order chi connectivity index (χ0) is 16.6. The summed E-state index contributed by atoms with van der Waals surface area (Å²) in [6, 6.07) is 5.41. The molecule has 0 aliphatic heterocycles. The number of benzene rings is 1. The minimum atomic E-state index is -0.786. The fraction of sp³-hybridized carbons (Fsp3) is 0.188. The molecule has 1 aromatic carbocycles. The third kappa shape index (κ3) is 2.69. The highest BCUT2D eigenvalue weighted by Gasteiger charge is 2.26. The van der Waals surface area contributed by atoms with Crippen LogP contribution in [0.3, 0.4) is 0 Å². The molecular formula is C16H12FN3O2S. The van der Waals surface area contributed by atoms with Crippen molar-refractivity contribution in [2.24, 2.45) is 5.73 Å². The third-order valence-electron chi connectivity index (χ3n) is 3.74. The molecule has 3 rings (SSSR count). The second kappa shape index (κ2) is 5.82. The number of aryl methyl sites for hydroxylation is 1. The van der Waals surface area contributed by atoms with Crippen molar-refractivity contribution in [3.63, 3.8) is 0 Å². The molecule has 0 saturated carbocycles. The number of rotatable bonds is 3. The molecule has 3 N–H and O–H groups in total. The average Bonchev–Trinajstić information content (AvgIpc) is 3.06. The lowest BCUT2D eigenvalue weighted by molar-refractivity contribution is 0.100. The third-order valence-corrected chi connectivity index (χ3v) is 4.94. The molecular weight excluding hydrogens is 317 g/mol. The normalized spacial score (nSPS) is 12.5. The van der Waals surface area contributed by atoms with Crippen LogP contribution in [0, 0.1) is 17.1 Å². The predicted molar refractivity (Wildman–Crippen MR) is 83.9 cm³/mol. The second-order valence-corrected chi connectivity index (χ2v) is 6.29. The van der Waals surface area contributed by atoms with E-state index in [1.165, 1.54) is 23.5 Å². The van der Waals surface area contributed by atoms with Crippen molar-refractivity contribution in [1.29, 1.82) is 5.26 Å². The maximum atomic E-state index is 13.9. The van der Waals surface area contributed by atoms with Crippen LogP contribution in [0.1, 0.15) is 43.1 Å². The summed E-state index contributed by atoms with van der Waals surface area (Å²) >= 11 is 1.31. The number of nitrogens with one attached hydrogen (secondary N) is 1. The number of carbonyl (C=O) groups is 2. The Morgan fingerprint density at radius 1 is 1.35 bits per heavy atom. The first-order valence-electron chi connectivity index (χ1n) is 6.96. The molecule has 1 aliphatic carbocycles. The van der Waals surface area contributed by atoms with Crippen LogP contribution >= 0.6 is 11.3 Å². The number of fused-ring (bicyclic) bond motifs is 1. The van der Waals surface area contributed by atoms with E-state index < -0.39 is 17.6 Å². The van der Waals surface area contributed by atoms with Crippen LogP contribution in [0.15, 0.2) is 18.2 Å². The molecule has 2 amide bonds. The zero-order valence-electron chi connectivity index (χ0n) is 12.0. The smallest absolute Gasteiger partial charge is 0.259 e. The summed E-state index contributed by atoms with van der Waals surface area (Å²) in [7, 11) is 0. The fourth-order valence-corrected chi connectivity index (χ4v) is 3.98. The van der Waals surface area contributed by atoms with Crippen molar-refractivity contribution in [2.45, 2.75) is 19.3 Å². The SMILES string of the molecule is N#Cc1ccc(C(=O)Nc2sc3c(c2C(N)=O)CCC3)c(F)c1. The molecule has 0 bridgehead atoms. The fourth-order valence-electron chi connectivity index (χ4n) is 2.69. The van der Waals surface area contributed by atoms with Crippen molar-refractivity contribution in [3.05, 3.63) is 51.1 Å². The lowest BCUT2D eigenvalue weighted by atomic mass is 10.1. The van der Waals surface area contributed by atoms with E-state index in [4.69, 9.17) is 11.0 Å². The number of amides is 2. The van der Waals surface area contributed by atoms with Gasteiger partial charge in [0.1, 0.15) is 10.8 Å². The highest BCUT2D eigenvalue weighted by Crippen LogP contribution is 2.39. The number of halogens is 1. The number of nitriles is 1. The van der Waals surface area contributed by atoms with Crippen LogP contribution in [-0.4, -0.2) is 11.8 Å². The van der Waals surface area contributed by atoms with Gasteiger partial charge in [-0.15, -0.1) is 11.3 Å². The first kappa shape index (κ1) is 15.2. The number of thiophene rings is 1. The van der Waals surface area contributed by atoms with Gasteiger partial charge in [0, 0.05) is 4.88 Å².